The number of hydrogen-bond donors (Lipinski definition) is 0. The second-order valence-electron chi connectivity index (χ2n) is 6.16. The molecule has 0 amide bonds. The molecule has 0 spiro atoms. The highest BCUT2D eigenvalue weighted by atomic mass is 16.6. The molecule has 1 unspecified atom stereocenters. The van der Waals surface area contributed by atoms with E-state index in [1.54, 1.807) is 0 Å². The van der Waals surface area contributed by atoms with E-state index in [1.165, 1.54) is 0 Å². The van der Waals surface area contributed by atoms with Gasteiger partial charge in [0.2, 0.25) is 0 Å². The third-order valence-corrected chi connectivity index (χ3v) is 4.34. The van der Waals surface area contributed by atoms with Gasteiger partial charge in [0.05, 0.1) is 25.0 Å². The average Bonchev–Trinajstić information content (AvgIpc) is 3.36. The van der Waals surface area contributed by atoms with Crippen LogP contribution in [0.15, 0.2) is 0 Å². The summed E-state index contributed by atoms with van der Waals surface area (Å²) in [7, 11) is 0. The zero-order chi connectivity index (χ0) is 13.9. The van der Waals surface area contributed by atoms with Gasteiger partial charge in [-0.1, -0.05) is 12.8 Å². The van der Waals surface area contributed by atoms with Crippen LogP contribution in [0.4, 0.5) is 0 Å². The maximum atomic E-state index is 12.1. The molecule has 2 saturated carbocycles. The van der Waals surface area contributed by atoms with Crippen LogP contribution in [0.2, 0.25) is 0 Å². The molecule has 2 aliphatic carbocycles. The highest BCUT2D eigenvalue weighted by Gasteiger charge is 2.39. The van der Waals surface area contributed by atoms with Gasteiger partial charge >= 0.3 is 11.9 Å². The minimum Gasteiger partial charge on any atom is -0.465 e. The summed E-state index contributed by atoms with van der Waals surface area (Å²) >= 11 is 0. The standard InChI is InChI=1S/C15H22O5/c16-14(19-7-10-5-6-10)12-3-1-2-4-13(12)15(17)20-9-11-8-18-11/h10-13H,1-9H2/t11?,12-,13+/m0/s1. The van der Waals surface area contributed by atoms with Gasteiger partial charge in [-0.2, -0.15) is 0 Å². The number of epoxide rings is 1. The van der Waals surface area contributed by atoms with E-state index in [4.69, 9.17) is 14.2 Å². The van der Waals surface area contributed by atoms with E-state index in [1.807, 2.05) is 0 Å². The molecule has 5 heteroatoms. The Morgan fingerprint density at radius 1 is 0.900 bits per heavy atom. The van der Waals surface area contributed by atoms with Gasteiger partial charge in [-0.05, 0) is 31.6 Å². The van der Waals surface area contributed by atoms with Crippen LogP contribution >= 0.6 is 0 Å². The van der Waals surface area contributed by atoms with Crippen LogP contribution in [0.5, 0.6) is 0 Å². The van der Waals surface area contributed by atoms with Crippen LogP contribution < -0.4 is 0 Å². The van der Waals surface area contributed by atoms with Gasteiger partial charge in [-0.15, -0.1) is 0 Å². The Morgan fingerprint density at radius 3 is 1.95 bits per heavy atom. The van der Waals surface area contributed by atoms with Gasteiger partial charge < -0.3 is 14.2 Å². The fourth-order valence-corrected chi connectivity index (χ4v) is 2.73. The molecule has 3 aliphatic rings. The first-order chi connectivity index (χ1) is 9.74. The molecule has 5 nitrogen and oxygen atoms in total. The van der Waals surface area contributed by atoms with Crippen molar-refractivity contribution in [2.45, 2.75) is 44.6 Å². The van der Waals surface area contributed by atoms with E-state index in [0.29, 0.717) is 25.7 Å². The van der Waals surface area contributed by atoms with E-state index in [9.17, 15) is 9.59 Å². The first kappa shape index (κ1) is 13.9. The van der Waals surface area contributed by atoms with Crippen LogP contribution in [-0.4, -0.2) is 37.9 Å². The summed E-state index contributed by atoms with van der Waals surface area (Å²) in [4.78, 5) is 24.3. The van der Waals surface area contributed by atoms with E-state index in [0.717, 1.165) is 38.5 Å². The number of rotatable bonds is 6. The van der Waals surface area contributed by atoms with Gasteiger partial charge in [0.15, 0.2) is 0 Å². The van der Waals surface area contributed by atoms with Crippen molar-refractivity contribution in [2.24, 2.45) is 17.8 Å². The van der Waals surface area contributed by atoms with Crippen LogP contribution in [-0.2, 0) is 23.8 Å². The first-order valence-corrected chi connectivity index (χ1v) is 7.69. The fraction of sp³-hybridized carbons (Fsp3) is 0.867. The van der Waals surface area contributed by atoms with Gasteiger partial charge in [-0.3, -0.25) is 9.59 Å². The summed E-state index contributed by atoms with van der Waals surface area (Å²) in [5.41, 5.74) is 0. The van der Waals surface area contributed by atoms with E-state index in [2.05, 4.69) is 0 Å². The predicted molar refractivity (Wildman–Crippen MR) is 69.8 cm³/mol. The number of hydrogen-bond acceptors (Lipinski definition) is 5. The molecule has 3 rings (SSSR count). The fourth-order valence-electron chi connectivity index (χ4n) is 2.73. The number of carbonyl (C=O) groups excluding carboxylic acids is 2. The molecule has 1 heterocycles. The Bertz CT molecular complexity index is 336. The summed E-state index contributed by atoms with van der Waals surface area (Å²) < 4.78 is 15.6. The maximum absolute atomic E-state index is 12.1. The molecule has 3 fully saturated rings. The molecule has 1 aliphatic heterocycles. The summed E-state index contributed by atoms with van der Waals surface area (Å²) in [6.45, 7) is 1.51. The van der Waals surface area contributed by atoms with Crippen molar-refractivity contribution in [1.82, 2.24) is 0 Å². The zero-order valence-electron chi connectivity index (χ0n) is 11.7. The minimum absolute atomic E-state index is 0.0720. The zero-order valence-corrected chi connectivity index (χ0v) is 11.7. The Balaban J connectivity index is 1.50. The molecule has 0 radical (unpaired) electrons. The van der Waals surface area contributed by atoms with Gasteiger partial charge in [0.1, 0.15) is 12.7 Å². The lowest BCUT2D eigenvalue weighted by atomic mass is 9.79. The molecular formula is C15H22O5. The molecule has 0 N–H and O–H groups in total. The largest absolute Gasteiger partial charge is 0.465 e. The van der Waals surface area contributed by atoms with E-state index in [-0.39, 0.29) is 29.9 Å². The topological polar surface area (TPSA) is 65.1 Å². The number of esters is 2. The normalized spacial score (nSPS) is 32.5. The lowest BCUT2D eigenvalue weighted by molar-refractivity contribution is -0.163. The second kappa shape index (κ2) is 6.12. The third kappa shape index (κ3) is 3.72. The quantitative estimate of drug-likeness (QED) is 0.548. The van der Waals surface area contributed by atoms with Crippen molar-refractivity contribution in [3.05, 3.63) is 0 Å². The molecule has 112 valence electrons. The van der Waals surface area contributed by atoms with Crippen LogP contribution in [0.1, 0.15) is 38.5 Å². The van der Waals surface area contributed by atoms with Gasteiger partial charge in [0.25, 0.3) is 0 Å². The van der Waals surface area contributed by atoms with Crippen LogP contribution in [0.25, 0.3) is 0 Å². The third-order valence-electron chi connectivity index (χ3n) is 4.34. The Morgan fingerprint density at radius 2 is 1.45 bits per heavy atom. The maximum Gasteiger partial charge on any atom is 0.309 e. The van der Waals surface area contributed by atoms with Crippen molar-refractivity contribution in [1.29, 1.82) is 0 Å². The Kier molecular flexibility index (Phi) is 4.24. The summed E-state index contributed by atoms with van der Waals surface area (Å²) in [6.07, 6.45) is 5.82. The van der Waals surface area contributed by atoms with Crippen molar-refractivity contribution in [3.63, 3.8) is 0 Å². The first-order valence-electron chi connectivity index (χ1n) is 7.69. The van der Waals surface area contributed by atoms with Crippen molar-refractivity contribution in [3.8, 4) is 0 Å². The van der Waals surface area contributed by atoms with E-state index < -0.39 is 0 Å². The van der Waals surface area contributed by atoms with Crippen LogP contribution in [0, 0.1) is 17.8 Å². The Labute approximate surface area is 118 Å². The molecule has 0 aromatic heterocycles. The summed E-state index contributed by atoms with van der Waals surface area (Å²) in [6, 6.07) is 0. The summed E-state index contributed by atoms with van der Waals surface area (Å²) in [5.74, 6) is -0.543. The van der Waals surface area contributed by atoms with Crippen molar-refractivity contribution in [2.75, 3.05) is 19.8 Å². The highest BCUT2D eigenvalue weighted by molar-refractivity contribution is 5.82. The lowest BCUT2D eigenvalue weighted by Crippen LogP contribution is -2.35. The summed E-state index contributed by atoms with van der Waals surface area (Å²) in [5, 5.41) is 0. The second-order valence-corrected chi connectivity index (χ2v) is 6.16. The predicted octanol–water partition coefficient (Wildman–Crippen LogP) is 1.69. The van der Waals surface area contributed by atoms with Crippen molar-refractivity contribution >= 4 is 11.9 Å². The number of carbonyl (C=O) groups is 2. The van der Waals surface area contributed by atoms with Crippen molar-refractivity contribution < 1.29 is 23.8 Å². The lowest BCUT2D eigenvalue weighted by Gasteiger charge is -2.28. The van der Waals surface area contributed by atoms with E-state index >= 15 is 0 Å². The average molecular weight is 282 g/mol. The molecule has 0 bridgehead atoms. The monoisotopic (exact) mass is 282 g/mol. The molecule has 1 saturated heterocycles. The minimum atomic E-state index is -0.325. The Hall–Kier alpha value is -1.10. The van der Waals surface area contributed by atoms with Gasteiger partial charge in [0, 0.05) is 0 Å². The SMILES string of the molecule is O=C(OCC1CC1)[C@H]1CCCC[C@H]1C(=O)OCC1CO1. The number of ether oxygens (including phenoxy) is 3. The molecule has 0 aromatic rings. The van der Waals surface area contributed by atoms with Gasteiger partial charge in [-0.25, -0.2) is 0 Å². The smallest absolute Gasteiger partial charge is 0.309 e. The molecule has 0 aromatic carbocycles. The van der Waals surface area contributed by atoms with Crippen LogP contribution in [0.3, 0.4) is 0 Å². The highest BCUT2D eigenvalue weighted by Crippen LogP contribution is 2.34. The molecule has 3 atom stereocenters. The molecule has 20 heavy (non-hydrogen) atoms. The molecular weight excluding hydrogens is 260 g/mol.